The second-order valence-electron chi connectivity index (χ2n) is 2.91. The zero-order valence-corrected chi connectivity index (χ0v) is 9.45. The molecule has 1 aromatic rings. The number of halogens is 3. The Morgan fingerprint density at radius 1 is 1.00 bits per heavy atom. The Balaban J connectivity index is 3.28. The quantitative estimate of drug-likeness (QED) is 0.682. The van der Waals surface area contributed by atoms with Crippen LogP contribution in [-0.4, -0.2) is 0 Å². The first-order chi connectivity index (χ1) is 5.52. The summed E-state index contributed by atoms with van der Waals surface area (Å²) in [5.74, 6) is 0. The fraction of sp³-hybridized carbons (Fsp3) is 0.333. The van der Waals surface area contributed by atoms with Crippen LogP contribution in [0.1, 0.15) is 16.7 Å². The normalized spacial score (nSPS) is 11.6. The van der Waals surface area contributed by atoms with E-state index in [1.165, 1.54) is 0 Å². The van der Waals surface area contributed by atoms with E-state index in [0.717, 1.165) is 16.7 Å². The standard InChI is InChI=1S/C9H11F2I/c1-6-4-7(2)9(12(10)11)8(3)5-6/h4-5H,1-3H3. The zero-order chi connectivity index (χ0) is 9.30. The predicted molar refractivity (Wildman–Crippen MR) is 55.6 cm³/mol. The van der Waals surface area contributed by atoms with Gasteiger partial charge in [-0.15, -0.1) is 0 Å². The third-order valence-corrected chi connectivity index (χ3v) is 4.24. The van der Waals surface area contributed by atoms with Gasteiger partial charge in [0, 0.05) is 0 Å². The fourth-order valence-electron chi connectivity index (χ4n) is 1.39. The van der Waals surface area contributed by atoms with Crippen LogP contribution < -0.4 is 0 Å². The molecular weight excluding hydrogens is 273 g/mol. The number of aryl methyl sites for hydroxylation is 3. The molecular formula is C9H11F2I. The Hall–Kier alpha value is -0.190. The summed E-state index contributed by atoms with van der Waals surface area (Å²) >= 11 is -3.79. The molecule has 0 bridgehead atoms. The van der Waals surface area contributed by atoms with E-state index in [2.05, 4.69) is 0 Å². The Labute approximate surface area is 79.9 Å². The second-order valence-corrected chi connectivity index (χ2v) is 5.11. The van der Waals surface area contributed by atoms with Gasteiger partial charge in [0.25, 0.3) is 0 Å². The molecule has 0 amide bonds. The first-order valence-electron chi connectivity index (χ1n) is 3.63. The summed E-state index contributed by atoms with van der Waals surface area (Å²) < 4.78 is 25.5. The summed E-state index contributed by atoms with van der Waals surface area (Å²) in [6.07, 6.45) is 0. The Kier molecular flexibility index (Phi) is 3.04. The molecule has 0 radical (unpaired) electrons. The molecule has 0 heterocycles. The summed E-state index contributed by atoms with van der Waals surface area (Å²) in [4.78, 5) is 0. The van der Waals surface area contributed by atoms with Gasteiger partial charge in [0.05, 0.1) is 0 Å². The Bertz CT molecular complexity index is 272. The average molecular weight is 284 g/mol. The summed E-state index contributed by atoms with van der Waals surface area (Å²) in [7, 11) is 0. The number of hydrogen-bond acceptors (Lipinski definition) is 0. The molecule has 0 nitrogen and oxygen atoms in total. The number of benzene rings is 1. The van der Waals surface area contributed by atoms with Crippen molar-refractivity contribution in [3.63, 3.8) is 0 Å². The van der Waals surface area contributed by atoms with Crippen LogP contribution in [0.5, 0.6) is 0 Å². The fourth-order valence-corrected chi connectivity index (χ4v) is 2.99. The van der Waals surface area contributed by atoms with Crippen LogP contribution in [0.3, 0.4) is 0 Å². The molecule has 12 heavy (non-hydrogen) atoms. The SMILES string of the molecule is Cc1cc(C)c(I(F)F)c(C)c1. The van der Waals surface area contributed by atoms with E-state index in [4.69, 9.17) is 0 Å². The third-order valence-electron chi connectivity index (χ3n) is 1.72. The van der Waals surface area contributed by atoms with Crippen LogP contribution in [0.25, 0.3) is 0 Å². The zero-order valence-electron chi connectivity index (χ0n) is 7.29. The van der Waals surface area contributed by atoms with Crippen molar-refractivity contribution in [3.05, 3.63) is 32.4 Å². The van der Waals surface area contributed by atoms with Crippen molar-refractivity contribution >= 4 is 21.0 Å². The minimum atomic E-state index is -3.79. The van der Waals surface area contributed by atoms with Crippen LogP contribution in [0.4, 0.5) is 5.72 Å². The van der Waals surface area contributed by atoms with E-state index in [1.807, 2.05) is 19.1 Å². The van der Waals surface area contributed by atoms with E-state index in [9.17, 15) is 5.72 Å². The van der Waals surface area contributed by atoms with E-state index in [-0.39, 0.29) is 0 Å². The van der Waals surface area contributed by atoms with Gasteiger partial charge >= 0.3 is 79.9 Å². The number of rotatable bonds is 1. The summed E-state index contributed by atoms with van der Waals surface area (Å²) in [5, 5.41) is 0. The van der Waals surface area contributed by atoms with Gasteiger partial charge in [0.2, 0.25) is 0 Å². The van der Waals surface area contributed by atoms with Gasteiger partial charge in [-0.25, -0.2) is 0 Å². The van der Waals surface area contributed by atoms with Crippen LogP contribution in [-0.2, 0) is 0 Å². The molecule has 0 atom stereocenters. The average Bonchev–Trinajstić information content (AvgIpc) is 1.82. The minimum absolute atomic E-state index is 0.338. The molecule has 0 saturated carbocycles. The second kappa shape index (κ2) is 3.68. The molecule has 3 heteroatoms. The molecule has 0 aliphatic carbocycles. The van der Waals surface area contributed by atoms with Gasteiger partial charge < -0.3 is 0 Å². The molecule has 1 aromatic carbocycles. The summed E-state index contributed by atoms with van der Waals surface area (Å²) in [6, 6.07) is 3.65. The Morgan fingerprint density at radius 3 is 1.75 bits per heavy atom. The van der Waals surface area contributed by atoms with E-state index >= 15 is 0 Å². The van der Waals surface area contributed by atoms with Crippen molar-refractivity contribution in [1.82, 2.24) is 0 Å². The molecule has 0 fully saturated rings. The van der Waals surface area contributed by atoms with Gasteiger partial charge in [-0.2, -0.15) is 0 Å². The molecule has 1 rings (SSSR count). The Morgan fingerprint density at radius 2 is 1.42 bits per heavy atom. The molecule has 0 aliphatic heterocycles. The van der Waals surface area contributed by atoms with Gasteiger partial charge in [0.15, 0.2) is 0 Å². The van der Waals surface area contributed by atoms with Crippen LogP contribution in [0.15, 0.2) is 12.1 Å². The van der Waals surface area contributed by atoms with Crippen molar-refractivity contribution in [2.75, 3.05) is 0 Å². The van der Waals surface area contributed by atoms with E-state index in [0.29, 0.717) is 3.57 Å². The van der Waals surface area contributed by atoms with Crippen LogP contribution in [0.2, 0.25) is 0 Å². The predicted octanol–water partition coefficient (Wildman–Crippen LogP) is 4.06. The summed E-state index contributed by atoms with van der Waals surface area (Å²) in [6.45, 7) is 5.46. The monoisotopic (exact) mass is 284 g/mol. The topological polar surface area (TPSA) is 0 Å². The van der Waals surface area contributed by atoms with Crippen molar-refractivity contribution in [2.24, 2.45) is 0 Å². The van der Waals surface area contributed by atoms with E-state index < -0.39 is 21.0 Å². The maximum atomic E-state index is 12.6. The molecule has 0 N–H and O–H groups in total. The van der Waals surface area contributed by atoms with Gasteiger partial charge in [-0.05, 0) is 0 Å². The molecule has 0 aliphatic rings. The first kappa shape index (κ1) is 9.89. The first-order valence-corrected chi connectivity index (χ1v) is 6.34. The number of hydrogen-bond donors (Lipinski definition) is 0. The van der Waals surface area contributed by atoms with Crippen molar-refractivity contribution in [3.8, 4) is 0 Å². The maximum absolute atomic E-state index is 12.6. The van der Waals surface area contributed by atoms with Gasteiger partial charge in [-0.3, -0.25) is 0 Å². The molecule has 68 valence electrons. The third kappa shape index (κ3) is 1.94. The van der Waals surface area contributed by atoms with E-state index in [1.54, 1.807) is 13.8 Å². The van der Waals surface area contributed by atoms with Gasteiger partial charge in [0.1, 0.15) is 0 Å². The molecule has 0 spiro atoms. The van der Waals surface area contributed by atoms with Crippen molar-refractivity contribution in [1.29, 1.82) is 0 Å². The summed E-state index contributed by atoms with van der Waals surface area (Å²) in [5.41, 5.74) is 2.57. The van der Waals surface area contributed by atoms with Gasteiger partial charge in [-0.1, -0.05) is 0 Å². The van der Waals surface area contributed by atoms with Crippen LogP contribution in [0, 0.1) is 24.3 Å². The molecule has 0 unspecified atom stereocenters. The van der Waals surface area contributed by atoms with Crippen molar-refractivity contribution in [2.45, 2.75) is 20.8 Å². The molecule has 0 saturated heterocycles. The molecule has 0 aromatic heterocycles. The van der Waals surface area contributed by atoms with Crippen LogP contribution >= 0.6 is 21.0 Å². The van der Waals surface area contributed by atoms with Crippen molar-refractivity contribution < 1.29 is 5.72 Å².